The number of imide groups is 2. The molecule has 0 bridgehead atoms. The van der Waals surface area contributed by atoms with E-state index < -0.39 is 23.6 Å². The second-order valence-electron chi connectivity index (χ2n) is 13.6. The van der Waals surface area contributed by atoms with Crippen LogP contribution in [0.4, 0.5) is 10.0 Å². The molecule has 2 aliphatic carbocycles. The van der Waals surface area contributed by atoms with Gasteiger partial charge >= 0.3 is 0 Å². The Morgan fingerprint density at radius 1 is 0.600 bits per heavy atom. The van der Waals surface area contributed by atoms with Crippen LogP contribution in [0.1, 0.15) is 63.8 Å². The summed E-state index contributed by atoms with van der Waals surface area (Å²) in [5, 5.41) is 1.31. The summed E-state index contributed by atoms with van der Waals surface area (Å²) in [5.41, 5.74) is 4.82. The molecule has 4 aromatic heterocycles. The highest BCUT2D eigenvalue weighted by Gasteiger charge is 2.47. The van der Waals surface area contributed by atoms with Crippen LogP contribution >= 0.6 is 45.3 Å². The molecular formula is C36H26N6O4S4. The highest BCUT2D eigenvalue weighted by molar-refractivity contribution is 7.35. The maximum atomic E-state index is 13.0. The van der Waals surface area contributed by atoms with E-state index in [-0.39, 0.29) is 33.6 Å². The van der Waals surface area contributed by atoms with Crippen LogP contribution in [0, 0.1) is 13.1 Å². The Bertz CT molecular complexity index is 2420. The van der Waals surface area contributed by atoms with E-state index in [9.17, 15) is 19.2 Å². The van der Waals surface area contributed by atoms with Gasteiger partial charge in [0.1, 0.15) is 21.4 Å². The molecule has 2 aliphatic heterocycles. The zero-order valence-electron chi connectivity index (χ0n) is 28.1. The van der Waals surface area contributed by atoms with Gasteiger partial charge in [-0.3, -0.25) is 29.0 Å². The first-order chi connectivity index (χ1) is 23.5. The zero-order valence-corrected chi connectivity index (χ0v) is 31.4. The van der Waals surface area contributed by atoms with E-state index in [1.54, 1.807) is 36.5 Å². The second kappa shape index (κ2) is 10.3. The predicted octanol–water partition coefficient (Wildman–Crippen LogP) is 8.23. The van der Waals surface area contributed by atoms with E-state index in [1.807, 2.05) is 12.1 Å². The van der Waals surface area contributed by atoms with Crippen molar-refractivity contribution in [2.24, 2.45) is 9.98 Å². The van der Waals surface area contributed by atoms with Crippen molar-refractivity contribution in [2.75, 3.05) is 14.1 Å². The van der Waals surface area contributed by atoms with Gasteiger partial charge in [-0.1, -0.05) is 27.7 Å². The molecule has 14 heteroatoms. The largest absolute Gasteiger partial charge is 0.286 e. The molecule has 10 nitrogen and oxygen atoms in total. The van der Waals surface area contributed by atoms with Crippen LogP contribution < -0.4 is 0 Å². The van der Waals surface area contributed by atoms with E-state index >= 15 is 0 Å². The fraction of sp³-hybridized carbons (Fsp3) is 0.278. The molecule has 0 unspecified atom stereocenters. The summed E-state index contributed by atoms with van der Waals surface area (Å²) in [6.07, 6.45) is 0. The summed E-state index contributed by atoms with van der Waals surface area (Å²) < 4.78 is 2.50. The SMILES string of the molecule is [C-]#[N+]C1=C(C)C(=Nc2cc3c(s2)-c2sc4c5c(sc4c2C3(C)C)-c2sc(N=C3C(=O)N(C)C(=O)C([N+]#[C-])=C3C)cc2C5(C)C)C(=O)N(C)C1=O. The number of amides is 4. The lowest BCUT2D eigenvalue weighted by molar-refractivity contribution is -0.138. The van der Waals surface area contributed by atoms with Crippen LogP contribution in [0.2, 0.25) is 0 Å². The van der Waals surface area contributed by atoms with Gasteiger partial charge in [-0.25, -0.2) is 19.7 Å². The predicted molar refractivity (Wildman–Crippen MR) is 199 cm³/mol. The second-order valence-corrected chi connectivity index (χ2v) is 17.7. The van der Waals surface area contributed by atoms with Crippen molar-refractivity contribution in [2.45, 2.75) is 52.4 Å². The lowest BCUT2D eigenvalue weighted by atomic mass is 9.82. The Morgan fingerprint density at radius 2 is 0.960 bits per heavy atom. The molecule has 0 atom stereocenters. The van der Waals surface area contributed by atoms with Crippen molar-refractivity contribution in [1.82, 2.24) is 9.80 Å². The van der Waals surface area contributed by atoms with Crippen LogP contribution in [-0.2, 0) is 30.0 Å². The first-order valence-corrected chi connectivity index (χ1v) is 18.7. The van der Waals surface area contributed by atoms with Gasteiger partial charge in [0, 0.05) is 24.9 Å². The van der Waals surface area contributed by atoms with Gasteiger partial charge in [0.2, 0.25) is 0 Å². The Hall–Kier alpha value is -4.86. The maximum Gasteiger partial charge on any atom is 0.277 e. The lowest BCUT2D eigenvalue weighted by Crippen LogP contribution is -2.43. The monoisotopic (exact) mass is 734 g/mol. The van der Waals surface area contributed by atoms with Gasteiger partial charge < -0.3 is 0 Å². The third kappa shape index (κ3) is 3.96. The van der Waals surface area contributed by atoms with Crippen molar-refractivity contribution < 1.29 is 19.2 Å². The lowest BCUT2D eigenvalue weighted by Gasteiger charge is -2.22. The Balaban J connectivity index is 1.22. The van der Waals surface area contributed by atoms with Crippen LogP contribution in [0.3, 0.4) is 0 Å². The Labute approximate surface area is 303 Å². The van der Waals surface area contributed by atoms with Gasteiger partial charge in [0.05, 0.1) is 42.1 Å². The number of rotatable bonds is 2. The van der Waals surface area contributed by atoms with E-state index in [0.29, 0.717) is 21.1 Å². The minimum absolute atomic E-state index is 0.0895. The fourth-order valence-electron chi connectivity index (χ4n) is 7.22. The highest BCUT2D eigenvalue weighted by atomic mass is 32.1. The Morgan fingerprint density at radius 3 is 1.30 bits per heavy atom. The van der Waals surface area contributed by atoms with E-state index in [4.69, 9.17) is 23.1 Å². The molecule has 6 heterocycles. The van der Waals surface area contributed by atoms with Gasteiger partial charge in [-0.2, -0.15) is 0 Å². The van der Waals surface area contributed by atoms with Crippen molar-refractivity contribution in [1.29, 1.82) is 0 Å². The molecule has 248 valence electrons. The van der Waals surface area contributed by atoms with Crippen LogP contribution in [0.15, 0.2) is 44.7 Å². The summed E-state index contributed by atoms with van der Waals surface area (Å²) in [5.74, 6) is -2.25. The van der Waals surface area contributed by atoms with Gasteiger partial charge in [-0.15, -0.1) is 45.3 Å². The minimum Gasteiger partial charge on any atom is -0.286 e. The van der Waals surface area contributed by atoms with Crippen molar-refractivity contribution in [3.05, 3.63) is 79.8 Å². The summed E-state index contributed by atoms with van der Waals surface area (Å²) in [7, 11) is 2.75. The third-order valence-corrected chi connectivity index (χ3v) is 15.0. The zero-order chi connectivity index (χ0) is 35.9. The first-order valence-electron chi connectivity index (χ1n) is 15.4. The van der Waals surface area contributed by atoms with E-state index in [1.165, 1.54) is 67.0 Å². The van der Waals surface area contributed by atoms with E-state index in [2.05, 4.69) is 37.4 Å². The smallest absolute Gasteiger partial charge is 0.277 e. The number of hydrogen-bond donors (Lipinski definition) is 0. The molecule has 0 radical (unpaired) electrons. The number of aliphatic imine (C=N–C) groups is 2. The topological polar surface area (TPSA) is 108 Å². The summed E-state index contributed by atoms with van der Waals surface area (Å²) in [6, 6.07) is 4.06. The quantitative estimate of drug-likeness (QED) is 0.153. The molecule has 0 spiro atoms. The molecule has 8 rings (SSSR count). The molecule has 0 saturated heterocycles. The van der Waals surface area contributed by atoms with Crippen molar-refractivity contribution in [3.63, 3.8) is 0 Å². The summed E-state index contributed by atoms with van der Waals surface area (Å²) in [6.45, 7) is 27.0. The molecule has 0 saturated carbocycles. The highest BCUT2D eigenvalue weighted by Crippen LogP contribution is 2.66. The number of carbonyl (C=O) groups excluding carboxylic acids is 4. The molecule has 0 N–H and O–H groups in total. The normalized spacial score (nSPS) is 20.7. The average molecular weight is 735 g/mol. The van der Waals surface area contributed by atoms with Gasteiger partial charge in [-0.05, 0) is 59.4 Å². The molecule has 50 heavy (non-hydrogen) atoms. The molecule has 0 fully saturated rings. The van der Waals surface area contributed by atoms with E-state index in [0.717, 1.165) is 30.7 Å². The van der Waals surface area contributed by atoms with Crippen molar-refractivity contribution in [3.8, 4) is 19.5 Å². The molecule has 4 aromatic rings. The third-order valence-electron chi connectivity index (χ3n) is 10.1. The van der Waals surface area contributed by atoms with Crippen LogP contribution in [-0.4, -0.2) is 58.9 Å². The first kappa shape index (κ1) is 32.4. The molecule has 0 aromatic carbocycles. The van der Waals surface area contributed by atoms with Crippen LogP contribution in [0.25, 0.3) is 38.6 Å². The average Bonchev–Trinajstić information content (AvgIpc) is 3.88. The fourth-order valence-corrected chi connectivity index (χ4v) is 13.4. The number of nitrogens with zero attached hydrogens (tertiary/aromatic N) is 6. The standard InChI is InChI=1S/C36H26N6O4S4/c1-13-21(37-7)31(43)41(9)33(45)23(13)39-17-11-15-25(47-17)27-19(35(15,3)4)29-30(49-27)20-28(50-29)26-16(36(20,5)6)12-18(48-26)40-24-14(2)22(38-8)32(44)42(10)34(24)46/h11-12H,1-6,9-10H3. The van der Waals surface area contributed by atoms with Gasteiger partial charge in [0.25, 0.3) is 35.0 Å². The molecule has 4 aliphatic rings. The summed E-state index contributed by atoms with van der Waals surface area (Å²) >= 11 is 6.62. The molecular weight excluding hydrogens is 709 g/mol. The van der Waals surface area contributed by atoms with Crippen molar-refractivity contribution >= 4 is 99.8 Å². The maximum absolute atomic E-state index is 13.0. The summed E-state index contributed by atoms with van der Waals surface area (Å²) in [4.78, 5) is 73.7. The number of fused-ring (bicyclic) bond motifs is 9. The molecule has 4 amide bonds. The number of carbonyl (C=O) groups is 4. The Kier molecular flexibility index (Phi) is 6.69. The van der Waals surface area contributed by atoms with Gasteiger partial charge in [0.15, 0.2) is 0 Å². The number of likely N-dealkylation sites (N-methyl/N-ethyl adjacent to an activating group) is 2. The number of thiophene rings is 4. The number of hydrogen-bond acceptors (Lipinski definition) is 10. The minimum atomic E-state index is -0.610. The van der Waals surface area contributed by atoms with Crippen LogP contribution in [0.5, 0.6) is 0 Å².